The molecule has 17 heavy (non-hydrogen) atoms. The maximum absolute atomic E-state index is 12.4. The Hall–Kier alpha value is -0.110. The van der Waals surface area contributed by atoms with Crippen molar-refractivity contribution in [2.75, 3.05) is 5.33 Å². The van der Waals surface area contributed by atoms with Crippen LogP contribution in [0.4, 0.5) is 13.2 Å². The molecule has 0 saturated carbocycles. The zero-order valence-corrected chi connectivity index (χ0v) is 11.6. The molecule has 2 N–H and O–H groups in total. The van der Waals surface area contributed by atoms with Gasteiger partial charge in [0.1, 0.15) is 6.10 Å². The standard InChI is InChI=1S/C10H9Br2F3O2/c11-4-8(16)9(17)6-2-1-5(3-7(6)12)10(13,14)15/h1-3,8-9,16-17H,4H2. The third kappa shape index (κ3) is 3.67. The van der Waals surface area contributed by atoms with Gasteiger partial charge in [0.15, 0.2) is 0 Å². The van der Waals surface area contributed by atoms with Crippen molar-refractivity contribution in [3.05, 3.63) is 33.8 Å². The lowest BCUT2D eigenvalue weighted by Gasteiger charge is -2.18. The van der Waals surface area contributed by atoms with Crippen molar-refractivity contribution in [2.24, 2.45) is 0 Å². The van der Waals surface area contributed by atoms with E-state index in [0.29, 0.717) is 0 Å². The first kappa shape index (κ1) is 14.9. The Kier molecular flexibility index (Phi) is 5.00. The monoisotopic (exact) mass is 376 g/mol. The van der Waals surface area contributed by atoms with E-state index in [1.807, 2.05) is 0 Å². The highest BCUT2D eigenvalue weighted by Crippen LogP contribution is 2.34. The van der Waals surface area contributed by atoms with Crippen LogP contribution < -0.4 is 0 Å². The summed E-state index contributed by atoms with van der Waals surface area (Å²) in [6.07, 6.45) is -6.76. The lowest BCUT2D eigenvalue weighted by Crippen LogP contribution is -2.20. The highest BCUT2D eigenvalue weighted by Gasteiger charge is 2.31. The van der Waals surface area contributed by atoms with Crippen molar-refractivity contribution < 1.29 is 23.4 Å². The molecule has 7 heteroatoms. The summed E-state index contributed by atoms with van der Waals surface area (Å²) in [5.74, 6) is 0. The van der Waals surface area contributed by atoms with E-state index in [1.54, 1.807) is 0 Å². The number of rotatable bonds is 3. The van der Waals surface area contributed by atoms with Crippen molar-refractivity contribution >= 4 is 31.9 Å². The van der Waals surface area contributed by atoms with Gasteiger partial charge < -0.3 is 10.2 Å². The van der Waals surface area contributed by atoms with Crippen LogP contribution in [0.5, 0.6) is 0 Å². The molecule has 0 radical (unpaired) electrons. The van der Waals surface area contributed by atoms with Gasteiger partial charge in [-0.2, -0.15) is 13.2 Å². The Morgan fingerprint density at radius 3 is 2.24 bits per heavy atom. The fourth-order valence-corrected chi connectivity index (χ4v) is 2.20. The largest absolute Gasteiger partial charge is 0.416 e. The molecule has 2 atom stereocenters. The molecule has 96 valence electrons. The van der Waals surface area contributed by atoms with Crippen LogP contribution >= 0.6 is 31.9 Å². The molecule has 1 rings (SSSR count). The molecule has 0 heterocycles. The molecule has 0 aliphatic heterocycles. The van der Waals surface area contributed by atoms with Gasteiger partial charge in [0.05, 0.1) is 11.7 Å². The molecule has 0 saturated heterocycles. The van der Waals surface area contributed by atoms with Crippen molar-refractivity contribution in [3.8, 4) is 0 Å². The summed E-state index contributed by atoms with van der Waals surface area (Å²) in [7, 11) is 0. The van der Waals surface area contributed by atoms with Gasteiger partial charge in [0.2, 0.25) is 0 Å². The number of aliphatic hydroxyl groups is 2. The zero-order valence-electron chi connectivity index (χ0n) is 8.38. The number of hydrogen-bond donors (Lipinski definition) is 2. The molecule has 2 unspecified atom stereocenters. The smallest absolute Gasteiger partial charge is 0.389 e. The number of alkyl halides is 4. The Balaban J connectivity index is 3.06. The van der Waals surface area contributed by atoms with Gasteiger partial charge >= 0.3 is 6.18 Å². The minimum absolute atomic E-state index is 0.111. The quantitative estimate of drug-likeness (QED) is 0.794. The van der Waals surface area contributed by atoms with Crippen molar-refractivity contribution in [1.29, 1.82) is 0 Å². The maximum atomic E-state index is 12.4. The minimum Gasteiger partial charge on any atom is -0.389 e. The highest BCUT2D eigenvalue weighted by molar-refractivity contribution is 9.10. The van der Waals surface area contributed by atoms with Gasteiger partial charge in [-0.3, -0.25) is 0 Å². The molecular weight excluding hydrogens is 369 g/mol. The fraction of sp³-hybridized carbons (Fsp3) is 0.400. The van der Waals surface area contributed by atoms with Crippen LogP contribution in [0.2, 0.25) is 0 Å². The molecule has 0 bridgehead atoms. The van der Waals surface area contributed by atoms with E-state index in [9.17, 15) is 23.4 Å². The van der Waals surface area contributed by atoms with E-state index in [4.69, 9.17) is 0 Å². The molecule has 0 aliphatic rings. The van der Waals surface area contributed by atoms with Gasteiger partial charge in [0.25, 0.3) is 0 Å². The second-order valence-electron chi connectivity index (χ2n) is 3.40. The molecule has 0 aromatic heterocycles. The SMILES string of the molecule is OC(CBr)C(O)c1ccc(C(F)(F)F)cc1Br. The lowest BCUT2D eigenvalue weighted by molar-refractivity contribution is -0.137. The molecule has 2 nitrogen and oxygen atoms in total. The molecule has 0 amide bonds. The summed E-state index contributed by atoms with van der Waals surface area (Å²) in [6, 6.07) is 2.88. The van der Waals surface area contributed by atoms with E-state index in [-0.39, 0.29) is 15.4 Å². The number of hydrogen-bond acceptors (Lipinski definition) is 2. The predicted molar refractivity (Wildman–Crippen MR) is 63.9 cm³/mol. The van der Waals surface area contributed by atoms with Crippen LogP contribution in [-0.2, 0) is 6.18 Å². The second kappa shape index (κ2) is 5.69. The summed E-state index contributed by atoms with van der Waals surface area (Å²) in [5, 5.41) is 19.2. The normalized spacial score (nSPS) is 15.7. The summed E-state index contributed by atoms with van der Waals surface area (Å²) < 4.78 is 37.3. The van der Waals surface area contributed by atoms with Gasteiger partial charge in [-0.25, -0.2) is 0 Å². The van der Waals surface area contributed by atoms with E-state index in [1.165, 1.54) is 0 Å². The molecule has 0 fully saturated rings. The van der Waals surface area contributed by atoms with Gasteiger partial charge in [-0.1, -0.05) is 37.9 Å². The third-order valence-electron chi connectivity index (χ3n) is 2.17. The summed E-state index contributed by atoms with van der Waals surface area (Å²) in [4.78, 5) is 0. The first-order chi connectivity index (χ1) is 7.77. The third-order valence-corrected chi connectivity index (χ3v) is 3.52. The lowest BCUT2D eigenvalue weighted by atomic mass is 10.0. The van der Waals surface area contributed by atoms with E-state index >= 15 is 0 Å². The summed E-state index contributed by atoms with van der Waals surface area (Å²) >= 11 is 5.93. The summed E-state index contributed by atoms with van der Waals surface area (Å²) in [5.41, 5.74) is -0.599. The van der Waals surface area contributed by atoms with E-state index in [2.05, 4.69) is 31.9 Å². The first-order valence-corrected chi connectivity index (χ1v) is 6.47. The van der Waals surface area contributed by atoms with Crippen LogP contribution in [0, 0.1) is 0 Å². The average Bonchev–Trinajstić information content (AvgIpc) is 2.25. The van der Waals surface area contributed by atoms with Crippen LogP contribution in [0.3, 0.4) is 0 Å². The van der Waals surface area contributed by atoms with Crippen LogP contribution in [-0.4, -0.2) is 21.6 Å². The fourth-order valence-electron chi connectivity index (χ4n) is 1.23. The zero-order chi connectivity index (χ0) is 13.2. The highest BCUT2D eigenvalue weighted by atomic mass is 79.9. The van der Waals surface area contributed by atoms with Crippen LogP contribution in [0.15, 0.2) is 22.7 Å². The molecular formula is C10H9Br2F3O2. The molecule has 0 spiro atoms. The number of benzene rings is 1. The van der Waals surface area contributed by atoms with Crippen LogP contribution in [0.25, 0.3) is 0 Å². The van der Waals surface area contributed by atoms with Crippen molar-refractivity contribution in [1.82, 2.24) is 0 Å². The Morgan fingerprint density at radius 1 is 1.24 bits per heavy atom. The topological polar surface area (TPSA) is 40.5 Å². The average molecular weight is 378 g/mol. The van der Waals surface area contributed by atoms with Gasteiger partial charge in [-0.15, -0.1) is 0 Å². The second-order valence-corrected chi connectivity index (χ2v) is 4.90. The Labute approximate surface area is 113 Å². The van der Waals surface area contributed by atoms with Crippen molar-refractivity contribution in [3.63, 3.8) is 0 Å². The van der Waals surface area contributed by atoms with Gasteiger partial charge in [0, 0.05) is 9.80 Å². The number of halogens is 5. The Bertz CT molecular complexity index is 396. The molecule has 0 aliphatic carbocycles. The van der Waals surface area contributed by atoms with Gasteiger partial charge in [-0.05, 0) is 17.7 Å². The minimum atomic E-state index is -4.43. The maximum Gasteiger partial charge on any atom is 0.416 e. The predicted octanol–water partition coefficient (Wildman–Crippen LogP) is 3.26. The van der Waals surface area contributed by atoms with Crippen LogP contribution in [0.1, 0.15) is 17.2 Å². The van der Waals surface area contributed by atoms with Crippen molar-refractivity contribution in [2.45, 2.75) is 18.4 Å². The van der Waals surface area contributed by atoms with E-state index < -0.39 is 23.9 Å². The first-order valence-electron chi connectivity index (χ1n) is 4.56. The summed E-state index contributed by atoms with van der Waals surface area (Å²) in [6.45, 7) is 0. The number of aliphatic hydroxyl groups excluding tert-OH is 2. The Morgan fingerprint density at radius 2 is 1.82 bits per heavy atom. The molecule has 1 aromatic rings. The molecule has 1 aromatic carbocycles. The van der Waals surface area contributed by atoms with E-state index in [0.717, 1.165) is 18.2 Å².